The second kappa shape index (κ2) is 9.65. The van der Waals surface area contributed by atoms with Crippen LogP contribution in [-0.4, -0.2) is 53.8 Å². The summed E-state index contributed by atoms with van der Waals surface area (Å²) in [7, 11) is 0. The van der Waals surface area contributed by atoms with Crippen molar-refractivity contribution in [2.75, 3.05) is 0 Å². The standard InChI is InChI=1S/C16H8F20N2/c17-8(18,3-1-7(5-37,6-38)2-4-9(19,20)21)10(22,23)11(24,25)12(26,27)13(28,29)14(30,31)15(32,33)16(34,35)36/h1-4H2. The minimum absolute atomic E-state index is 0.622. The third-order valence-corrected chi connectivity index (χ3v) is 4.92. The zero-order valence-corrected chi connectivity index (χ0v) is 17.3. The zero-order valence-electron chi connectivity index (χ0n) is 17.3. The highest BCUT2D eigenvalue weighted by Crippen LogP contribution is 2.64. The van der Waals surface area contributed by atoms with Gasteiger partial charge in [0.05, 0.1) is 12.1 Å². The molecule has 0 heterocycles. The number of hydrogen-bond acceptors (Lipinski definition) is 2. The molecule has 0 aromatic rings. The summed E-state index contributed by atoms with van der Waals surface area (Å²) in [4.78, 5) is 0. The van der Waals surface area contributed by atoms with Gasteiger partial charge in [0.2, 0.25) is 0 Å². The lowest BCUT2D eigenvalue weighted by atomic mass is 9.79. The number of halogens is 20. The predicted molar refractivity (Wildman–Crippen MR) is 78.9 cm³/mol. The van der Waals surface area contributed by atoms with Gasteiger partial charge in [-0.1, -0.05) is 0 Å². The molecule has 0 fully saturated rings. The van der Waals surface area contributed by atoms with Crippen molar-refractivity contribution >= 4 is 0 Å². The van der Waals surface area contributed by atoms with Gasteiger partial charge < -0.3 is 0 Å². The van der Waals surface area contributed by atoms with Crippen LogP contribution in [0, 0.1) is 28.1 Å². The number of nitriles is 2. The molecule has 0 aromatic heterocycles. The topological polar surface area (TPSA) is 47.6 Å². The summed E-state index contributed by atoms with van der Waals surface area (Å²) in [5.41, 5.74) is -3.38. The van der Waals surface area contributed by atoms with Crippen molar-refractivity contribution in [1.82, 2.24) is 0 Å². The molecular formula is C16H8F20N2. The summed E-state index contributed by atoms with van der Waals surface area (Å²) >= 11 is 0. The largest absolute Gasteiger partial charge is 0.460 e. The van der Waals surface area contributed by atoms with E-state index >= 15 is 0 Å². The molecule has 0 N–H and O–H groups in total. The van der Waals surface area contributed by atoms with E-state index < -0.39 is 84.9 Å². The Morgan fingerprint density at radius 3 is 0.947 bits per heavy atom. The maximum Gasteiger partial charge on any atom is 0.460 e. The number of rotatable bonds is 11. The Morgan fingerprint density at radius 2 is 0.658 bits per heavy atom. The summed E-state index contributed by atoms with van der Waals surface area (Å²) in [5, 5.41) is 17.4. The van der Waals surface area contributed by atoms with Crippen molar-refractivity contribution in [1.29, 1.82) is 10.5 Å². The first-order valence-corrected chi connectivity index (χ1v) is 8.89. The molecule has 0 aromatic carbocycles. The fourth-order valence-electron chi connectivity index (χ4n) is 2.45. The lowest BCUT2D eigenvalue weighted by Gasteiger charge is -2.43. The van der Waals surface area contributed by atoms with Crippen LogP contribution in [0.4, 0.5) is 87.8 Å². The van der Waals surface area contributed by atoms with Gasteiger partial charge in [-0.25, -0.2) is 0 Å². The van der Waals surface area contributed by atoms with E-state index in [1.54, 1.807) is 0 Å². The molecule has 38 heavy (non-hydrogen) atoms. The van der Waals surface area contributed by atoms with Crippen molar-refractivity contribution in [2.24, 2.45) is 5.41 Å². The normalized spacial score (nSPS) is 15.7. The first-order chi connectivity index (χ1) is 16.3. The molecular weight excluding hydrogens is 600 g/mol. The average molecular weight is 608 g/mol. The van der Waals surface area contributed by atoms with Gasteiger partial charge in [-0.15, -0.1) is 0 Å². The second-order valence-electron chi connectivity index (χ2n) is 7.57. The maximum atomic E-state index is 13.8. The van der Waals surface area contributed by atoms with E-state index in [0.717, 1.165) is 0 Å². The van der Waals surface area contributed by atoms with E-state index in [2.05, 4.69) is 0 Å². The van der Waals surface area contributed by atoms with Gasteiger partial charge in [0.1, 0.15) is 5.41 Å². The molecule has 0 radical (unpaired) electrons. The SMILES string of the molecule is N#CC(C#N)(CCC(F)(F)F)CCC(F)(F)C(F)(F)C(F)(F)C(F)(F)C(F)(F)C(F)(F)C(F)(F)C(F)(F)F. The quantitative estimate of drug-likeness (QED) is 0.223. The summed E-state index contributed by atoms with van der Waals surface area (Å²) in [5.74, 6) is -58.1. The van der Waals surface area contributed by atoms with Crippen LogP contribution in [0.3, 0.4) is 0 Å². The minimum atomic E-state index is -8.82. The van der Waals surface area contributed by atoms with Crippen molar-refractivity contribution in [3.8, 4) is 12.1 Å². The molecule has 0 spiro atoms. The number of hydrogen-bond donors (Lipinski definition) is 0. The van der Waals surface area contributed by atoms with E-state index in [4.69, 9.17) is 10.5 Å². The van der Waals surface area contributed by atoms with Crippen molar-refractivity contribution in [3.63, 3.8) is 0 Å². The molecule has 22 heteroatoms. The summed E-state index contributed by atoms with van der Waals surface area (Å²) in [6.45, 7) is 0. The lowest BCUT2D eigenvalue weighted by molar-refractivity contribution is -0.461. The molecule has 0 unspecified atom stereocenters. The van der Waals surface area contributed by atoms with Crippen molar-refractivity contribution < 1.29 is 87.8 Å². The third-order valence-electron chi connectivity index (χ3n) is 4.92. The van der Waals surface area contributed by atoms with E-state index in [1.807, 2.05) is 0 Å². The van der Waals surface area contributed by atoms with Crippen LogP contribution in [0.2, 0.25) is 0 Å². The van der Waals surface area contributed by atoms with Crippen LogP contribution >= 0.6 is 0 Å². The Kier molecular flexibility index (Phi) is 9.03. The third kappa shape index (κ3) is 5.49. The molecule has 0 aliphatic rings. The van der Waals surface area contributed by atoms with Gasteiger partial charge in [-0.05, 0) is 12.8 Å². The van der Waals surface area contributed by atoms with E-state index in [9.17, 15) is 87.8 Å². The Morgan fingerprint density at radius 1 is 0.368 bits per heavy atom. The fraction of sp³-hybridized carbons (Fsp3) is 0.875. The first-order valence-electron chi connectivity index (χ1n) is 8.89. The summed E-state index contributed by atoms with van der Waals surface area (Å²) < 4.78 is 261. The Balaban J connectivity index is 6.55. The molecule has 0 aliphatic carbocycles. The van der Waals surface area contributed by atoms with Crippen LogP contribution in [-0.2, 0) is 0 Å². The predicted octanol–water partition coefficient (Wildman–Crippen LogP) is 8.15. The Labute approximate surface area is 196 Å². The molecule has 2 nitrogen and oxygen atoms in total. The Hall–Kier alpha value is -2.42. The molecule has 0 atom stereocenters. The smallest absolute Gasteiger partial charge is 0.200 e. The minimum Gasteiger partial charge on any atom is -0.200 e. The zero-order chi connectivity index (χ0) is 31.2. The average Bonchev–Trinajstić information content (AvgIpc) is 2.72. The first kappa shape index (κ1) is 35.6. The molecule has 222 valence electrons. The highest BCUT2D eigenvalue weighted by Gasteiger charge is 2.95. The van der Waals surface area contributed by atoms with Gasteiger partial charge in [0.15, 0.2) is 0 Å². The van der Waals surface area contributed by atoms with Crippen LogP contribution in [0.5, 0.6) is 0 Å². The number of alkyl halides is 20. The van der Waals surface area contributed by atoms with Crippen LogP contribution in [0.15, 0.2) is 0 Å². The van der Waals surface area contributed by atoms with Gasteiger partial charge >= 0.3 is 53.8 Å². The fourth-order valence-corrected chi connectivity index (χ4v) is 2.45. The van der Waals surface area contributed by atoms with Crippen LogP contribution in [0.1, 0.15) is 25.7 Å². The van der Waals surface area contributed by atoms with Gasteiger partial charge in [0, 0.05) is 12.8 Å². The maximum absolute atomic E-state index is 13.8. The van der Waals surface area contributed by atoms with E-state index in [0.29, 0.717) is 12.1 Å². The Bertz CT molecular complexity index is 915. The molecule has 0 bridgehead atoms. The van der Waals surface area contributed by atoms with Gasteiger partial charge in [-0.2, -0.15) is 98.3 Å². The summed E-state index contributed by atoms with van der Waals surface area (Å²) in [6, 6.07) is 1.24. The molecule has 0 saturated carbocycles. The van der Waals surface area contributed by atoms with E-state index in [1.165, 1.54) is 0 Å². The van der Waals surface area contributed by atoms with Gasteiger partial charge in [0.25, 0.3) is 0 Å². The summed E-state index contributed by atoms with van der Waals surface area (Å²) in [6.07, 6.45) is -22.6. The van der Waals surface area contributed by atoms with Crippen molar-refractivity contribution in [3.05, 3.63) is 0 Å². The molecule has 0 aliphatic heterocycles. The lowest BCUT2D eigenvalue weighted by Crippen LogP contribution is -2.74. The van der Waals surface area contributed by atoms with E-state index in [-0.39, 0.29) is 0 Å². The van der Waals surface area contributed by atoms with Crippen LogP contribution < -0.4 is 0 Å². The highest BCUT2D eigenvalue weighted by molar-refractivity contribution is 5.17. The second-order valence-corrected chi connectivity index (χ2v) is 7.57. The van der Waals surface area contributed by atoms with Gasteiger partial charge in [-0.3, -0.25) is 0 Å². The highest BCUT2D eigenvalue weighted by atomic mass is 19.4. The van der Waals surface area contributed by atoms with Crippen molar-refractivity contribution in [2.45, 2.75) is 79.5 Å². The monoisotopic (exact) mass is 608 g/mol. The molecule has 0 amide bonds. The number of nitrogens with zero attached hydrogens (tertiary/aromatic N) is 2. The molecule has 0 saturated heterocycles. The molecule has 0 rings (SSSR count). The van der Waals surface area contributed by atoms with Crippen LogP contribution in [0.25, 0.3) is 0 Å².